The molecule has 0 spiro atoms. The maximum Gasteiger partial charge on any atom is 0.318 e. The minimum atomic E-state index is -0.887. The van der Waals surface area contributed by atoms with Crippen LogP contribution in [0.4, 0.5) is 4.79 Å². The smallest absolute Gasteiger partial charge is 0.318 e. The zero-order chi connectivity index (χ0) is 18.5. The molecule has 3 N–H and O–H groups in total. The molecule has 26 heavy (non-hydrogen) atoms. The number of imide groups is 1. The van der Waals surface area contributed by atoms with Gasteiger partial charge >= 0.3 is 6.03 Å². The van der Waals surface area contributed by atoms with Gasteiger partial charge in [0.05, 0.1) is 12.3 Å². The molecule has 1 aromatic carbocycles. The first-order chi connectivity index (χ1) is 12.5. The number of primary amides is 1. The predicted octanol–water partition coefficient (Wildman–Crippen LogP) is 2.64. The van der Waals surface area contributed by atoms with Gasteiger partial charge in [-0.15, -0.1) is 10.2 Å². The van der Waals surface area contributed by atoms with E-state index in [1.165, 1.54) is 0 Å². The monoisotopic (exact) mass is 435 g/mol. The average molecular weight is 436 g/mol. The van der Waals surface area contributed by atoms with Gasteiger partial charge in [-0.2, -0.15) is 0 Å². The number of hydrogen-bond donors (Lipinski definition) is 2. The van der Waals surface area contributed by atoms with Gasteiger partial charge < -0.3 is 10.2 Å². The molecule has 0 aliphatic rings. The van der Waals surface area contributed by atoms with Gasteiger partial charge in [-0.1, -0.05) is 42.1 Å². The Balaban J connectivity index is 1.87. The fourth-order valence-corrected chi connectivity index (χ4v) is 3.27. The van der Waals surface area contributed by atoms with Crippen molar-refractivity contribution in [2.45, 2.75) is 11.7 Å². The highest BCUT2D eigenvalue weighted by atomic mass is 79.9. The van der Waals surface area contributed by atoms with Crippen LogP contribution in [0, 0.1) is 0 Å². The summed E-state index contributed by atoms with van der Waals surface area (Å²) in [6, 6.07) is 12.4. The summed E-state index contributed by atoms with van der Waals surface area (Å²) in [7, 11) is 0. The Bertz CT molecular complexity index is 925. The van der Waals surface area contributed by atoms with E-state index in [-0.39, 0.29) is 5.75 Å². The lowest BCUT2D eigenvalue weighted by Gasteiger charge is -2.09. The molecule has 3 aromatic rings. The number of furan rings is 1. The van der Waals surface area contributed by atoms with Crippen LogP contribution in [-0.4, -0.2) is 32.5 Å². The number of carbonyl (C=O) groups is 2. The van der Waals surface area contributed by atoms with E-state index >= 15 is 0 Å². The fraction of sp³-hybridized carbons (Fsp3) is 0.125. The van der Waals surface area contributed by atoms with Crippen LogP contribution in [0.2, 0.25) is 0 Å². The zero-order valence-electron chi connectivity index (χ0n) is 13.4. The molecule has 0 bridgehead atoms. The number of thioether (sulfide) groups is 1. The number of amides is 3. The van der Waals surface area contributed by atoms with Crippen molar-refractivity contribution in [2.24, 2.45) is 5.73 Å². The maximum absolute atomic E-state index is 11.7. The number of halogens is 1. The van der Waals surface area contributed by atoms with Crippen LogP contribution < -0.4 is 11.1 Å². The van der Waals surface area contributed by atoms with E-state index in [0.717, 1.165) is 17.3 Å². The molecule has 0 fully saturated rings. The van der Waals surface area contributed by atoms with E-state index in [9.17, 15) is 9.59 Å². The highest BCUT2D eigenvalue weighted by Gasteiger charge is 2.18. The third-order valence-electron chi connectivity index (χ3n) is 3.29. The lowest BCUT2D eigenvalue weighted by Crippen LogP contribution is -2.36. The number of nitrogens with zero attached hydrogens (tertiary/aromatic N) is 3. The van der Waals surface area contributed by atoms with Crippen LogP contribution >= 0.6 is 27.7 Å². The number of benzene rings is 1. The van der Waals surface area contributed by atoms with Crippen molar-refractivity contribution in [3.63, 3.8) is 0 Å². The van der Waals surface area contributed by atoms with Gasteiger partial charge in [0.2, 0.25) is 11.7 Å². The van der Waals surface area contributed by atoms with Crippen LogP contribution in [0.15, 0.2) is 56.7 Å². The van der Waals surface area contributed by atoms with Crippen molar-refractivity contribution in [1.82, 2.24) is 20.1 Å². The Kier molecular flexibility index (Phi) is 5.74. The Hall–Kier alpha value is -2.59. The highest BCUT2D eigenvalue weighted by Crippen LogP contribution is 2.28. The Morgan fingerprint density at radius 3 is 2.62 bits per heavy atom. The number of urea groups is 1. The first-order valence-corrected chi connectivity index (χ1v) is 9.25. The van der Waals surface area contributed by atoms with Crippen molar-refractivity contribution < 1.29 is 14.0 Å². The summed E-state index contributed by atoms with van der Waals surface area (Å²) >= 11 is 4.43. The molecule has 3 amide bonds. The van der Waals surface area contributed by atoms with Crippen molar-refractivity contribution in [2.75, 3.05) is 5.75 Å². The van der Waals surface area contributed by atoms with E-state index in [1.54, 1.807) is 12.1 Å². The SMILES string of the molecule is NC(=O)NC(=O)CSc1nnc(-c2ccc(Br)o2)n1Cc1ccccc1. The molecule has 0 atom stereocenters. The molecule has 8 nitrogen and oxygen atoms in total. The number of rotatable bonds is 6. The molecule has 0 saturated heterocycles. The van der Waals surface area contributed by atoms with Gasteiger partial charge in [0.25, 0.3) is 0 Å². The second-order valence-electron chi connectivity index (χ2n) is 5.18. The third-order valence-corrected chi connectivity index (χ3v) is 4.68. The topological polar surface area (TPSA) is 116 Å². The van der Waals surface area contributed by atoms with Gasteiger partial charge in [0.15, 0.2) is 15.6 Å². The van der Waals surface area contributed by atoms with Gasteiger partial charge in [-0.05, 0) is 33.6 Å². The second-order valence-corrected chi connectivity index (χ2v) is 6.91. The lowest BCUT2D eigenvalue weighted by molar-refractivity contribution is -0.117. The summed E-state index contributed by atoms with van der Waals surface area (Å²) in [5, 5.41) is 10.9. The summed E-state index contributed by atoms with van der Waals surface area (Å²) < 4.78 is 8.01. The van der Waals surface area contributed by atoms with E-state index in [0.29, 0.717) is 28.0 Å². The number of nitrogens with one attached hydrogen (secondary N) is 1. The first-order valence-electron chi connectivity index (χ1n) is 7.48. The van der Waals surface area contributed by atoms with Crippen LogP contribution in [0.1, 0.15) is 5.56 Å². The van der Waals surface area contributed by atoms with E-state index in [1.807, 2.05) is 40.2 Å². The van der Waals surface area contributed by atoms with Crippen molar-refractivity contribution in [1.29, 1.82) is 0 Å². The van der Waals surface area contributed by atoms with Crippen molar-refractivity contribution in [3.05, 3.63) is 52.7 Å². The van der Waals surface area contributed by atoms with Crippen molar-refractivity contribution >= 4 is 39.6 Å². The summed E-state index contributed by atoms with van der Waals surface area (Å²) in [4.78, 5) is 22.4. The number of carbonyl (C=O) groups excluding carboxylic acids is 2. The zero-order valence-corrected chi connectivity index (χ0v) is 15.8. The second kappa shape index (κ2) is 8.19. The predicted molar refractivity (Wildman–Crippen MR) is 99.4 cm³/mol. The Morgan fingerprint density at radius 2 is 1.96 bits per heavy atom. The van der Waals surface area contributed by atoms with E-state index in [4.69, 9.17) is 10.2 Å². The largest absolute Gasteiger partial charge is 0.446 e. The Morgan fingerprint density at radius 1 is 1.19 bits per heavy atom. The van der Waals surface area contributed by atoms with Crippen molar-refractivity contribution in [3.8, 4) is 11.6 Å². The molecule has 10 heteroatoms. The van der Waals surface area contributed by atoms with E-state index in [2.05, 4.69) is 26.1 Å². The molecule has 0 saturated carbocycles. The molecule has 0 radical (unpaired) electrons. The van der Waals surface area contributed by atoms with Gasteiger partial charge in [0.1, 0.15) is 0 Å². The third kappa shape index (κ3) is 4.52. The molecule has 2 aromatic heterocycles. The minimum Gasteiger partial charge on any atom is -0.446 e. The summed E-state index contributed by atoms with van der Waals surface area (Å²) in [5.74, 6) is 0.572. The molecule has 0 aliphatic carbocycles. The lowest BCUT2D eigenvalue weighted by atomic mass is 10.2. The molecule has 0 aliphatic heterocycles. The number of hydrogen-bond acceptors (Lipinski definition) is 6. The van der Waals surface area contributed by atoms with Crippen LogP contribution in [-0.2, 0) is 11.3 Å². The van der Waals surface area contributed by atoms with Gasteiger partial charge in [0, 0.05) is 0 Å². The first kappa shape index (κ1) is 18.2. The van der Waals surface area contributed by atoms with Crippen LogP contribution in [0.3, 0.4) is 0 Å². The Labute approximate surface area is 161 Å². The maximum atomic E-state index is 11.7. The quantitative estimate of drug-likeness (QED) is 0.574. The van der Waals surface area contributed by atoms with Crippen LogP contribution in [0.5, 0.6) is 0 Å². The fourth-order valence-electron chi connectivity index (χ4n) is 2.22. The number of nitrogens with two attached hydrogens (primary N) is 1. The standard InChI is InChI=1S/C16H14BrN5O3S/c17-12-7-6-11(25-12)14-20-21-16(26-9-13(23)19-15(18)24)22(14)8-10-4-2-1-3-5-10/h1-7H,8-9H2,(H3,18,19,23,24). The summed E-state index contributed by atoms with van der Waals surface area (Å²) in [6.07, 6.45) is 0. The molecule has 3 rings (SSSR count). The molecular formula is C16H14BrN5O3S. The normalized spacial score (nSPS) is 10.7. The van der Waals surface area contributed by atoms with Gasteiger partial charge in [-0.3, -0.25) is 14.7 Å². The summed E-state index contributed by atoms with van der Waals surface area (Å²) in [5.41, 5.74) is 5.99. The molecule has 2 heterocycles. The summed E-state index contributed by atoms with van der Waals surface area (Å²) in [6.45, 7) is 0.501. The minimum absolute atomic E-state index is 0.0162. The number of aromatic nitrogens is 3. The highest BCUT2D eigenvalue weighted by molar-refractivity contribution is 9.10. The molecule has 134 valence electrons. The van der Waals surface area contributed by atoms with Crippen LogP contribution in [0.25, 0.3) is 11.6 Å². The van der Waals surface area contributed by atoms with Gasteiger partial charge in [-0.25, -0.2) is 4.79 Å². The molecular weight excluding hydrogens is 422 g/mol. The molecule has 0 unspecified atom stereocenters. The van der Waals surface area contributed by atoms with E-state index < -0.39 is 11.9 Å². The average Bonchev–Trinajstić information content (AvgIpc) is 3.19.